The Morgan fingerprint density at radius 3 is 2.52 bits per heavy atom. The number of allylic oxidation sites excluding steroid dienone is 2. The Balaban J connectivity index is 1.32. The standard InChI is InChI=1S/C30H19BrOS/c31-29-25-17-19(20-13-15-28-24(16-20)22-9-3-4-11-27(22)33-28)12-14-26(25)32-30(29)23-10-5-7-18-6-1-2-8-21(18)23/h1-13,15-17,26H,14H2. The first-order valence-electron chi connectivity index (χ1n) is 11.1. The second kappa shape index (κ2) is 7.44. The van der Waals surface area contributed by atoms with Gasteiger partial charge in [-0.1, -0.05) is 72.8 Å². The molecule has 2 aliphatic rings. The van der Waals surface area contributed by atoms with Gasteiger partial charge in [-0.05, 0) is 62.1 Å². The highest BCUT2D eigenvalue weighted by molar-refractivity contribution is 9.12. The SMILES string of the molecule is BrC1=C(c2cccc3ccccc23)OC2CC=C(c3ccc4sc5ccccc5c4c3)C=C12. The Hall–Kier alpha value is -3.14. The molecule has 33 heavy (non-hydrogen) atoms. The third kappa shape index (κ3) is 3.03. The molecule has 2 heterocycles. The molecule has 5 aromatic rings. The summed E-state index contributed by atoms with van der Waals surface area (Å²) >= 11 is 5.76. The zero-order valence-corrected chi connectivity index (χ0v) is 20.1. The van der Waals surface area contributed by atoms with Gasteiger partial charge in [0, 0.05) is 37.7 Å². The molecule has 0 saturated heterocycles. The van der Waals surface area contributed by atoms with Gasteiger partial charge in [0.2, 0.25) is 0 Å². The van der Waals surface area contributed by atoms with Crippen LogP contribution in [0.2, 0.25) is 0 Å². The average Bonchev–Trinajstić information content (AvgIpc) is 3.40. The molecule has 1 aliphatic carbocycles. The predicted octanol–water partition coefficient (Wildman–Crippen LogP) is 9.08. The van der Waals surface area contributed by atoms with Crippen LogP contribution in [0.1, 0.15) is 17.5 Å². The lowest BCUT2D eigenvalue weighted by atomic mass is 9.92. The van der Waals surface area contributed by atoms with Crippen LogP contribution < -0.4 is 0 Å². The van der Waals surface area contributed by atoms with Crippen LogP contribution in [0.3, 0.4) is 0 Å². The van der Waals surface area contributed by atoms with E-state index in [9.17, 15) is 0 Å². The fourth-order valence-electron chi connectivity index (χ4n) is 5.03. The molecule has 1 atom stereocenters. The number of fused-ring (bicyclic) bond motifs is 5. The Labute approximate surface area is 204 Å². The third-order valence-electron chi connectivity index (χ3n) is 6.67. The topological polar surface area (TPSA) is 9.23 Å². The number of halogens is 1. The van der Waals surface area contributed by atoms with E-state index in [0.717, 1.165) is 22.2 Å². The van der Waals surface area contributed by atoms with Crippen LogP contribution in [-0.4, -0.2) is 6.10 Å². The lowest BCUT2D eigenvalue weighted by Crippen LogP contribution is -2.11. The van der Waals surface area contributed by atoms with E-state index in [0.29, 0.717) is 0 Å². The normalized spacial score (nSPS) is 17.9. The maximum atomic E-state index is 6.49. The molecule has 0 spiro atoms. The van der Waals surface area contributed by atoms with Crippen LogP contribution in [0.4, 0.5) is 0 Å². The second-order valence-corrected chi connectivity index (χ2v) is 10.5. The maximum absolute atomic E-state index is 6.49. The lowest BCUT2D eigenvalue weighted by molar-refractivity contribution is 0.222. The van der Waals surface area contributed by atoms with Crippen LogP contribution in [0.25, 0.3) is 42.3 Å². The van der Waals surface area contributed by atoms with Crippen molar-refractivity contribution in [3.05, 3.63) is 118 Å². The number of hydrogen-bond acceptors (Lipinski definition) is 2. The lowest BCUT2D eigenvalue weighted by Gasteiger charge is -2.18. The molecular weight excluding hydrogens is 488 g/mol. The summed E-state index contributed by atoms with van der Waals surface area (Å²) in [6, 6.07) is 30.4. The molecule has 0 N–H and O–H groups in total. The number of benzene rings is 4. The summed E-state index contributed by atoms with van der Waals surface area (Å²) in [5.41, 5.74) is 4.89. The van der Waals surface area contributed by atoms with Crippen molar-refractivity contribution in [2.45, 2.75) is 12.5 Å². The van der Waals surface area contributed by atoms with Crippen molar-refractivity contribution in [1.29, 1.82) is 0 Å². The van der Waals surface area contributed by atoms with E-state index < -0.39 is 0 Å². The maximum Gasteiger partial charge on any atom is 0.142 e. The first-order chi connectivity index (χ1) is 16.3. The van der Waals surface area contributed by atoms with Gasteiger partial charge in [-0.2, -0.15) is 0 Å². The minimum Gasteiger partial charge on any atom is -0.484 e. The molecule has 0 amide bonds. The minimum absolute atomic E-state index is 0.0582. The van der Waals surface area contributed by atoms with Crippen LogP contribution in [0.5, 0.6) is 0 Å². The van der Waals surface area contributed by atoms with Crippen molar-refractivity contribution < 1.29 is 4.74 Å². The van der Waals surface area contributed by atoms with Gasteiger partial charge in [0.25, 0.3) is 0 Å². The third-order valence-corrected chi connectivity index (χ3v) is 8.64. The number of hydrogen-bond donors (Lipinski definition) is 0. The van der Waals surface area contributed by atoms with Gasteiger partial charge in [0.05, 0.1) is 4.48 Å². The van der Waals surface area contributed by atoms with Crippen molar-refractivity contribution >= 4 is 69.5 Å². The molecule has 158 valence electrons. The molecule has 1 nitrogen and oxygen atoms in total. The summed E-state index contributed by atoms with van der Waals surface area (Å²) in [6.45, 7) is 0. The van der Waals surface area contributed by atoms with E-state index in [1.165, 1.54) is 47.7 Å². The van der Waals surface area contributed by atoms with Gasteiger partial charge in [-0.25, -0.2) is 0 Å². The van der Waals surface area contributed by atoms with Gasteiger partial charge in [0.1, 0.15) is 11.9 Å². The number of rotatable bonds is 2. The zero-order chi connectivity index (χ0) is 21.9. The monoisotopic (exact) mass is 506 g/mol. The second-order valence-electron chi connectivity index (χ2n) is 8.58. The van der Waals surface area contributed by atoms with Gasteiger partial charge in [-0.15, -0.1) is 11.3 Å². The summed E-state index contributed by atoms with van der Waals surface area (Å²) < 4.78 is 10.2. The van der Waals surface area contributed by atoms with Gasteiger partial charge in [0.15, 0.2) is 0 Å². The molecule has 0 fully saturated rings. The van der Waals surface area contributed by atoms with Gasteiger partial charge >= 0.3 is 0 Å². The zero-order valence-electron chi connectivity index (χ0n) is 17.7. The fraction of sp³-hybridized carbons (Fsp3) is 0.0667. The van der Waals surface area contributed by atoms with Crippen molar-refractivity contribution in [1.82, 2.24) is 0 Å². The van der Waals surface area contributed by atoms with E-state index in [1.54, 1.807) is 0 Å². The summed E-state index contributed by atoms with van der Waals surface area (Å²) in [5.74, 6) is 0.942. The van der Waals surface area contributed by atoms with Crippen LogP contribution in [0, 0.1) is 0 Å². The van der Waals surface area contributed by atoms with Crippen molar-refractivity contribution in [3.63, 3.8) is 0 Å². The molecule has 4 aromatic carbocycles. The number of ether oxygens (including phenoxy) is 1. The highest BCUT2D eigenvalue weighted by Gasteiger charge is 2.33. The Kier molecular flexibility index (Phi) is 4.36. The van der Waals surface area contributed by atoms with E-state index in [-0.39, 0.29) is 6.10 Å². The van der Waals surface area contributed by atoms with E-state index in [4.69, 9.17) is 4.74 Å². The van der Waals surface area contributed by atoms with E-state index in [2.05, 4.69) is 113 Å². The van der Waals surface area contributed by atoms with Gasteiger partial charge < -0.3 is 4.74 Å². The molecule has 1 aromatic heterocycles. The summed E-state index contributed by atoms with van der Waals surface area (Å²) in [7, 11) is 0. The molecule has 0 bridgehead atoms. The smallest absolute Gasteiger partial charge is 0.142 e. The largest absolute Gasteiger partial charge is 0.484 e. The van der Waals surface area contributed by atoms with E-state index >= 15 is 0 Å². The Morgan fingerprint density at radius 1 is 0.788 bits per heavy atom. The predicted molar refractivity (Wildman–Crippen MR) is 145 cm³/mol. The van der Waals surface area contributed by atoms with E-state index in [1.807, 2.05) is 11.3 Å². The minimum atomic E-state index is 0.0582. The fourth-order valence-corrected chi connectivity index (χ4v) is 6.80. The quantitative estimate of drug-likeness (QED) is 0.232. The molecule has 0 radical (unpaired) electrons. The summed E-state index contributed by atoms with van der Waals surface area (Å²) in [5, 5.41) is 5.12. The molecule has 1 aliphatic heterocycles. The highest BCUT2D eigenvalue weighted by Crippen LogP contribution is 2.46. The van der Waals surface area contributed by atoms with Crippen LogP contribution in [-0.2, 0) is 4.74 Å². The first kappa shape index (κ1) is 19.3. The first-order valence-corrected chi connectivity index (χ1v) is 12.8. The highest BCUT2D eigenvalue weighted by atomic mass is 79.9. The Morgan fingerprint density at radius 2 is 1.58 bits per heavy atom. The Bertz CT molecular complexity index is 1680. The molecule has 3 heteroatoms. The van der Waals surface area contributed by atoms with Crippen molar-refractivity contribution in [3.8, 4) is 0 Å². The number of thiophene rings is 1. The summed E-state index contributed by atoms with van der Waals surface area (Å²) in [6.07, 6.45) is 5.54. The molecule has 7 rings (SSSR count). The van der Waals surface area contributed by atoms with Crippen molar-refractivity contribution in [2.24, 2.45) is 0 Å². The molecule has 0 saturated carbocycles. The summed E-state index contributed by atoms with van der Waals surface area (Å²) in [4.78, 5) is 0. The molecule has 1 unspecified atom stereocenters. The van der Waals surface area contributed by atoms with Crippen molar-refractivity contribution in [2.75, 3.05) is 0 Å². The van der Waals surface area contributed by atoms with Crippen LogP contribution in [0.15, 0.2) is 107 Å². The van der Waals surface area contributed by atoms with Crippen LogP contribution >= 0.6 is 27.3 Å². The average molecular weight is 507 g/mol. The molecular formula is C30H19BrOS. The van der Waals surface area contributed by atoms with Gasteiger partial charge in [-0.3, -0.25) is 0 Å².